The molecule has 0 saturated carbocycles. The summed E-state index contributed by atoms with van der Waals surface area (Å²) in [5.41, 5.74) is 2.05. The smallest absolute Gasteiger partial charge is 0.261 e. The van der Waals surface area contributed by atoms with Crippen LogP contribution in [0.3, 0.4) is 0 Å². The lowest BCUT2D eigenvalue weighted by Gasteiger charge is -2.18. The molecule has 1 N–H and O–H groups in total. The molecule has 0 saturated heterocycles. The molecule has 134 valence electrons. The summed E-state index contributed by atoms with van der Waals surface area (Å²) in [7, 11) is 1.44. The van der Waals surface area contributed by atoms with Crippen LogP contribution in [-0.4, -0.2) is 34.7 Å². The van der Waals surface area contributed by atoms with E-state index in [1.807, 2.05) is 0 Å². The Morgan fingerprint density at radius 1 is 1.31 bits per heavy atom. The molecule has 26 heavy (non-hydrogen) atoms. The van der Waals surface area contributed by atoms with Gasteiger partial charge in [0.1, 0.15) is 0 Å². The number of carbonyl (C=O) groups is 3. The molecule has 0 radical (unpaired) electrons. The number of anilines is 1. The third-order valence-corrected chi connectivity index (χ3v) is 6.23. The Bertz CT molecular complexity index is 934. The summed E-state index contributed by atoms with van der Waals surface area (Å²) in [5.74, 6) is -0.338. The molecule has 1 aliphatic carbocycles. The Labute approximate surface area is 155 Å². The van der Waals surface area contributed by atoms with Crippen molar-refractivity contribution in [1.82, 2.24) is 9.88 Å². The normalized spacial score (nSPS) is 18.7. The lowest BCUT2D eigenvalue weighted by molar-refractivity contribution is 0.0693. The van der Waals surface area contributed by atoms with E-state index in [0.29, 0.717) is 22.2 Å². The highest BCUT2D eigenvalue weighted by atomic mass is 32.1. The fraction of sp³-hybridized carbons (Fsp3) is 0.368. The van der Waals surface area contributed by atoms with Gasteiger partial charge in [0, 0.05) is 17.5 Å². The minimum atomic E-state index is -0.380. The Kier molecular flexibility index (Phi) is 4.11. The van der Waals surface area contributed by atoms with E-state index in [1.165, 1.54) is 35.4 Å². The van der Waals surface area contributed by atoms with Crippen molar-refractivity contribution in [2.24, 2.45) is 5.92 Å². The van der Waals surface area contributed by atoms with Crippen molar-refractivity contribution >= 4 is 34.2 Å². The standard InChI is InChI=1S/C19H19N3O3S/c1-3-10-4-7-14-15(8-10)26-19(20-14)21-16(23)11-5-6-12-13(9-11)18(25)22(2)17(12)24/h5-6,9-10H,3-4,7-8H2,1-2H3,(H,20,21,23). The Hall–Kier alpha value is -2.54. The molecule has 6 nitrogen and oxygen atoms in total. The molecular weight excluding hydrogens is 350 g/mol. The van der Waals surface area contributed by atoms with Gasteiger partial charge in [0.25, 0.3) is 17.7 Å². The van der Waals surface area contributed by atoms with Crippen LogP contribution in [0.15, 0.2) is 18.2 Å². The first kappa shape index (κ1) is 16.9. The summed E-state index contributed by atoms with van der Waals surface area (Å²) in [5, 5.41) is 3.43. The fourth-order valence-electron chi connectivity index (χ4n) is 3.52. The molecule has 2 aromatic rings. The number of aryl methyl sites for hydroxylation is 1. The molecule has 1 aromatic heterocycles. The predicted octanol–water partition coefficient (Wildman–Crippen LogP) is 3.14. The highest BCUT2D eigenvalue weighted by Crippen LogP contribution is 2.33. The molecule has 7 heteroatoms. The number of carbonyl (C=O) groups excluding carboxylic acids is 3. The number of hydrogen-bond donors (Lipinski definition) is 1. The van der Waals surface area contributed by atoms with Crippen LogP contribution in [0.5, 0.6) is 0 Å². The van der Waals surface area contributed by atoms with E-state index in [0.717, 1.165) is 36.3 Å². The van der Waals surface area contributed by atoms with Gasteiger partial charge in [0.2, 0.25) is 0 Å². The average Bonchev–Trinajstić information content (AvgIpc) is 3.15. The molecule has 3 amide bonds. The van der Waals surface area contributed by atoms with Crippen LogP contribution in [0.2, 0.25) is 0 Å². The van der Waals surface area contributed by atoms with Gasteiger partial charge in [-0.2, -0.15) is 0 Å². The van der Waals surface area contributed by atoms with E-state index >= 15 is 0 Å². The minimum Gasteiger partial charge on any atom is -0.298 e. The van der Waals surface area contributed by atoms with Gasteiger partial charge in [0.15, 0.2) is 5.13 Å². The first-order chi connectivity index (χ1) is 12.5. The highest BCUT2D eigenvalue weighted by Gasteiger charge is 2.33. The van der Waals surface area contributed by atoms with E-state index in [-0.39, 0.29) is 23.3 Å². The van der Waals surface area contributed by atoms with Crippen molar-refractivity contribution in [3.05, 3.63) is 45.5 Å². The molecule has 0 spiro atoms. The van der Waals surface area contributed by atoms with Crippen molar-refractivity contribution in [3.8, 4) is 0 Å². The van der Waals surface area contributed by atoms with Gasteiger partial charge >= 0.3 is 0 Å². The van der Waals surface area contributed by atoms with Gasteiger partial charge in [-0.15, -0.1) is 11.3 Å². The number of thiazole rings is 1. The molecule has 0 bridgehead atoms. The van der Waals surface area contributed by atoms with Crippen LogP contribution in [0.4, 0.5) is 5.13 Å². The van der Waals surface area contributed by atoms with Crippen molar-refractivity contribution < 1.29 is 14.4 Å². The highest BCUT2D eigenvalue weighted by molar-refractivity contribution is 7.15. The van der Waals surface area contributed by atoms with Gasteiger partial charge in [0.05, 0.1) is 16.8 Å². The van der Waals surface area contributed by atoms with Crippen LogP contribution in [0.25, 0.3) is 0 Å². The van der Waals surface area contributed by atoms with Crippen LogP contribution in [0.1, 0.15) is 61.4 Å². The quantitative estimate of drug-likeness (QED) is 0.843. The van der Waals surface area contributed by atoms with Gasteiger partial charge in [-0.25, -0.2) is 4.98 Å². The van der Waals surface area contributed by atoms with Crippen molar-refractivity contribution in [2.75, 3.05) is 12.4 Å². The van der Waals surface area contributed by atoms with Gasteiger partial charge in [-0.05, 0) is 43.4 Å². The molecule has 1 atom stereocenters. The summed E-state index contributed by atoms with van der Waals surface area (Å²) in [4.78, 5) is 43.5. The molecule has 4 rings (SSSR count). The number of hydrogen-bond acceptors (Lipinski definition) is 5. The number of fused-ring (bicyclic) bond motifs is 2. The third-order valence-electron chi connectivity index (χ3n) is 5.19. The van der Waals surface area contributed by atoms with Crippen molar-refractivity contribution in [2.45, 2.75) is 32.6 Å². The van der Waals surface area contributed by atoms with Crippen LogP contribution < -0.4 is 5.32 Å². The molecule has 1 aliphatic heterocycles. The van der Waals surface area contributed by atoms with E-state index in [9.17, 15) is 14.4 Å². The third kappa shape index (κ3) is 2.72. The summed E-state index contributed by atoms with van der Waals surface area (Å²) in [6, 6.07) is 4.58. The first-order valence-electron chi connectivity index (χ1n) is 8.74. The fourth-order valence-corrected chi connectivity index (χ4v) is 4.63. The molecule has 2 heterocycles. The number of nitrogens with zero attached hydrogens (tertiary/aromatic N) is 2. The number of imide groups is 1. The molecule has 0 fully saturated rings. The number of rotatable bonds is 3. The van der Waals surface area contributed by atoms with Crippen LogP contribution in [0, 0.1) is 5.92 Å². The number of nitrogens with one attached hydrogen (secondary N) is 1. The van der Waals surface area contributed by atoms with Crippen molar-refractivity contribution in [1.29, 1.82) is 0 Å². The van der Waals surface area contributed by atoms with Crippen molar-refractivity contribution in [3.63, 3.8) is 0 Å². The zero-order valence-corrected chi connectivity index (χ0v) is 15.5. The lowest BCUT2D eigenvalue weighted by Crippen LogP contribution is -2.24. The van der Waals surface area contributed by atoms with E-state index in [4.69, 9.17) is 0 Å². The topological polar surface area (TPSA) is 79.4 Å². The number of benzene rings is 1. The number of amides is 3. The Morgan fingerprint density at radius 2 is 2.08 bits per heavy atom. The second-order valence-corrected chi connectivity index (χ2v) is 7.87. The van der Waals surface area contributed by atoms with E-state index < -0.39 is 0 Å². The van der Waals surface area contributed by atoms with Crippen LogP contribution in [-0.2, 0) is 12.8 Å². The van der Waals surface area contributed by atoms with E-state index in [1.54, 1.807) is 6.07 Å². The second-order valence-electron chi connectivity index (χ2n) is 6.79. The monoisotopic (exact) mass is 369 g/mol. The summed E-state index contributed by atoms with van der Waals surface area (Å²) in [6.45, 7) is 2.21. The SMILES string of the molecule is CCC1CCc2nc(NC(=O)c3ccc4c(c3)C(=O)N(C)C4=O)sc2C1. The maximum atomic E-state index is 12.6. The van der Waals surface area contributed by atoms with E-state index in [2.05, 4.69) is 17.2 Å². The largest absolute Gasteiger partial charge is 0.298 e. The summed E-state index contributed by atoms with van der Waals surface area (Å²) >= 11 is 1.53. The Morgan fingerprint density at radius 3 is 2.85 bits per heavy atom. The maximum Gasteiger partial charge on any atom is 0.261 e. The number of aromatic nitrogens is 1. The maximum absolute atomic E-state index is 12.6. The Balaban J connectivity index is 1.54. The molecule has 1 aromatic carbocycles. The lowest BCUT2D eigenvalue weighted by atomic mass is 9.89. The average molecular weight is 369 g/mol. The predicted molar refractivity (Wildman–Crippen MR) is 98.7 cm³/mol. The first-order valence-corrected chi connectivity index (χ1v) is 9.56. The second kappa shape index (κ2) is 6.32. The summed E-state index contributed by atoms with van der Waals surface area (Å²) in [6.07, 6.45) is 4.30. The van der Waals surface area contributed by atoms with Gasteiger partial charge in [-0.3, -0.25) is 24.6 Å². The molecular formula is C19H19N3O3S. The van der Waals surface area contributed by atoms with Gasteiger partial charge in [-0.1, -0.05) is 13.3 Å². The summed E-state index contributed by atoms with van der Waals surface area (Å²) < 4.78 is 0. The van der Waals surface area contributed by atoms with Gasteiger partial charge < -0.3 is 0 Å². The molecule has 1 unspecified atom stereocenters. The zero-order chi connectivity index (χ0) is 18.4. The molecule has 2 aliphatic rings. The minimum absolute atomic E-state index is 0.273. The zero-order valence-electron chi connectivity index (χ0n) is 14.7. The van der Waals surface area contributed by atoms with Crippen LogP contribution >= 0.6 is 11.3 Å².